The number of ketones is 2. The Labute approximate surface area is 138 Å². The van der Waals surface area contributed by atoms with Crippen LogP contribution in [0.15, 0.2) is 0 Å². The number of rotatable bonds is 1. The summed E-state index contributed by atoms with van der Waals surface area (Å²) in [5.74, 6) is 4.09. The van der Waals surface area contributed by atoms with Crippen molar-refractivity contribution in [3.8, 4) is 0 Å². The zero-order valence-corrected chi connectivity index (χ0v) is 14.3. The number of hydrogen-bond donors (Lipinski definition) is 0. The minimum absolute atomic E-state index is 0.0496. The summed E-state index contributed by atoms with van der Waals surface area (Å²) in [7, 11) is 0. The van der Waals surface area contributed by atoms with Gasteiger partial charge in [0.25, 0.3) is 0 Å². The number of hydrogen-bond acceptors (Lipinski definition) is 2. The zero-order valence-electron chi connectivity index (χ0n) is 13.6. The molecule has 0 N–H and O–H groups in total. The second-order valence-corrected chi connectivity index (χ2v) is 8.95. The molecule has 0 amide bonds. The van der Waals surface area contributed by atoms with E-state index in [9.17, 15) is 9.59 Å². The highest BCUT2D eigenvalue weighted by atomic mass is 35.5. The van der Waals surface area contributed by atoms with Gasteiger partial charge in [-0.1, -0.05) is 6.92 Å². The van der Waals surface area contributed by atoms with Crippen LogP contribution in [0.25, 0.3) is 0 Å². The van der Waals surface area contributed by atoms with Gasteiger partial charge in [-0.2, -0.15) is 0 Å². The topological polar surface area (TPSA) is 34.1 Å². The molecule has 0 aromatic carbocycles. The SMILES string of the molecule is C[C@]12CC[C@H]3[C@@H](CCC4CC(=O)CC[C@@]43CCl)[C@@H]1CCC2=O. The van der Waals surface area contributed by atoms with E-state index in [-0.39, 0.29) is 10.8 Å². The maximum absolute atomic E-state index is 12.4. The molecule has 4 aliphatic rings. The van der Waals surface area contributed by atoms with Crippen LogP contribution in [0.2, 0.25) is 0 Å². The summed E-state index contributed by atoms with van der Waals surface area (Å²) < 4.78 is 0. The number of halogens is 1. The van der Waals surface area contributed by atoms with Crippen LogP contribution >= 0.6 is 11.6 Å². The van der Waals surface area contributed by atoms with Gasteiger partial charge in [0.1, 0.15) is 11.6 Å². The van der Waals surface area contributed by atoms with Gasteiger partial charge in [0.2, 0.25) is 0 Å². The second-order valence-electron chi connectivity index (χ2n) is 8.68. The van der Waals surface area contributed by atoms with Crippen molar-refractivity contribution in [3.63, 3.8) is 0 Å². The predicted octanol–water partition coefficient (Wildman–Crippen LogP) is 4.39. The maximum Gasteiger partial charge on any atom is 0.139 e. The molecule has 6 atom stereocenters. The van der Waals surface area contributed by atoms with Crippen molar-refractivity contribution >= 4 is 23.2 Å². The van der Waals surface area contributed by atoms with Crippen molar-refractivity contribution < 1.29 is 9.59 Å². The van der Waals surface area contributed by atoms with Crippen molar-refractivity contribution in [2.75, 3.05) is 5.88 Å². The molecule has 122 valence electrons. The molecule has 0 heterocycles. The van der Waals surface area contributed by atoms with E-state index < -0.39 is 0 Å². The van der Waals surface area contributed by atoms with Crippen LogP contribution in [-0.2, 0) is 9.59 Å². The Balaban J connectivity index is 1.68. The summed E-state index contributed by atoms with van der Waals surface area (Å²) in [5.41, 5.74) is 0.136. The summed E-state index contributed by atoms with van der Waals surface area (Å²) in [6.45, 7) is 2.23. The fraction of sp³-hybridized carbons (Fsp3) is 0.895. The fourth-order valence-corrected chi connectivity index (χ4v) is 7.43. The number of alkyl halides is 1. The summed E-state index contributed by atoms with van der Waals surface area (Å²) in [4.78, 5) is 24.3. The largest absolute Gasteiger partial charge is 0.300 e. The monoisotopic (exact) mass is 322 g/mol. The Hall–Kier alpha value is -0.370. The van der Waals surface area contributed by atoms with Crippen LogP contribution in [0.3, 0.4) is 0 Å². The van der Waals surface area contributed by atoms with Gasteiger partial charge in [-0.05, 0) is 67.6 Å². The average Bonchev–Trinajstić information content (AvgIpc) is 2.82. The highest BCUT2D eigenvalue weighted by Crippen LogP contribution is 2.65. The Morgan fingerprint density at radius 2 is 1.86 bits per heavy atom. The lowest BCUT2D eigenvalue weighted by Crippen LogP contribution is -2.55. The molecule has 0 radical (unpaired) electrons. The maximum atomic E-state index is 12.4. The highest BCUT2D eigenvalue weighted by molar-refractivity contribution is 6.18. The van der Waals surface area contributed by atoms with Gasteiger partial charge in [-0.3, -0.25) is 9.59 Å². The van der Waals surface area contributed by atoms with Crippen LogP contribution in [-0.4, -0.2) is 17.4 Å². The molecular weight excluding hydrogens is 296 g/mol. The Kier molecular flexibility index (Phi) is 3.49. The van der Waals surface area contributed by atoms with E-state index in [0.29, 0.717) is 41.1 Å². The zero-order chi connectivity index (χ0) is 15.5. The van der Waals surface area contributed by atoms with Gasteiger partial charge in [-0.15, -0.1) is 11.6 Å². The van der Waals surface area contributed by atoms with Gasteiger partial charge < -0.3 is 0 Å². The quantitative estimate of drug-likeness (QED) is 0.671. The van der Waals surface area contributed by atoms with Crippen LogP contribution < -0.4 is 0 Å². The Bertz CT molecular complexity index is 516. The molecule has 0 spiro atoms. The third kappa shape index (κ3) is 1.85. The Morgan fingerprint density at radius 1 is 1.05 bits per heavy atom. The molecule has 4 aliphatic carbocycles. The third-order valence-corrected chi connectivity index (χ3v) is 8.64. The number of carbonyl (C=O) groups is 2. The van der Waals surface area contributed by atoms with Crippen molar-refractivity contribution in [2.45, 2.75) is 64.7 Å². The van der Waals surface area contributed by atoms with Crippen LogP contribution in [0.5, 0.6) is 0 Å². The summed E-state index contributed by atoms with van der Waals surface area (Å²) in [5, 5.41) is 0. The van der Waals surface area contributed by atoms with Gasteiger partial charge in [0.05, 0.1) is 0 Å². The first-order valence-electron chi connectivity index (χ1n) is 9.12. The molecule has 2 nitrogen and oxygen atoms in total. The summed E-state index contributed by atoms with van der Waals surface area (Å²) >= 11 is 6.54. The van der Waals surface area contributed by atoms with Gasteiger partial charge in [-0.25, -0.2) is 0 Å². The van der Waals surface area contributed by atoms with Crippen molar-refractivity contribution in [1.82, 2.24) is 0 Å². The molecular formula is C19H27ClO2. The predicted molar refractivity (Wildman–Crippen MR) is 86.8 cm³/mol. The lowest BCUT2D eigenvalue weighted by atomic mass is 9.45. The van der Waals surface area contributed by atoms with E-state index in [2.05, 4.69) is 6.92 Å². The van der Waals surface area contributed by atoms with Gasteiger partial charge in [0, 0.05) is 30.6 Å². The van der Waals surface area contributed by atoms with E-state index in [0.717, 1.165) is 51.4 Å². The molecule has 4 saturated carbocycles. The standard InChI is InChI=1S/C19H27ClO2/c1-18-8-7-16-14(15(18)4-5-17(18)22)3-2-12-10-13(21)6-9-19(12,16)11-20/h12,14-16H,2-11H2,1H3/t12?,14-,15-,16-,18-,19+/m0/s1. The van der Waals surface area contributed by atoms with Crippen molar-refractivity contribution in [2.24, 2.45) is 34.5 Å². The molecule has 4 rings (SSSR count). The van der Waals surface area contributed by atoms with Crippen LogP contribution in [0.4, 0.5) is 0 Å². The van der Waals surface area contributed by atoms with E-state index in [1.54, 1.807) is 0 Å². The lowest BCUT2D eigenvalue weighted by Gasteiger charge is -2.59. The molecule has 3 heteroatoms. The second kappa shape index (κ2) is 5.06. The minimum atomic E-state index is -0.0496. The first-order chi connectivity index (χ1) is 10.5. The number of fused-ring (bicyclic) bond motifs is 5. The fourth-order valence-electron chi connectivity index (χ4n) is 6.88. The Morgan fingerprint density at radius 3 is 2.64 bits per heavy atom. The van der Waals surface area contributed by atoms with Gasteiger partial charge in [0.15, 0.2) is 0 Å². The normalized spacial score (nSPS) is 51.2. The molecule has 0 bridgehead atoms. The summed E-state index contributed by atoms with van der Waals surface area (Å²) in [6.07, 6.45) is 8.95. The number of carbonyl (C=O) groups excluding carboxylic acids is 2. The highest BCUT2D eigenvalue weighted by Gasteiger charge is 2.61. The van der Waals surface area contributed by atoms with E-state index >= 15 is 0 Å². The molecule has 0 aromatic rings. The average molecular weight is 323 g/mol. The van der Waals surface area contributed by atoms with Crippen LogP contribution in [0, 0.1) is 34.5 Å². The number of Topliss-reactive ketones (excluding diaryl/α,β-unsaturated/α-hetero) is 2. The van der Waals surface area contributed by atoms with E-state index in [4.69, 9.17) is 11.6 Å². The van der Waals surface area contributed by atoms with E-state index in [1.165, 1.54) is 6.42 Å². The molecule has 22 heavy (non-hydrogen) atoms. The molecule has 4 fully saturated rings. The smallest absolute Gasteiger partial charge is 0.139 e. The first-order valence-corrected chi connectivity index (χ1v) is 9.66. The van der Waals surface area contributed by atoms with Crippen molar-refractivity contribution in [3.05, 3.63) is 0 Å². The molecule has 1 unspecified atom stereocenters. The summed E-state index contributed by atoms with van der Waals surface area (Å²) in [6, 6.07) is 0. The lowest BCUT2D eigenvalue weighted by molar-refractivity contribution is -0.143. The molecule has 0 aliphatic heterocycles. The minimum Gasteiger partial charge on any atom is -0.300 e. The third-order valence-electron chi connectivity index (χ3n) is 8.14. The molecule has 0 saturated heterocycles. The first kappa shape index (κ1) is 15.2. The van der Waals surface area contributed by atoms with Crippen molar-refractivity contribution in [1.29, 1.82) is 0 Å². The molecule has 0 aromatic heterocycles. The van der Waals surface area contributed by atoms with Crippen LogP contribution in [0.1, 0.15) is 64.7 Å². The van der Waals surface area contributed by atoms with Gasteiger partial charge >= 0.3 is 0 Å². The van der Waals surface area contributed by atoms with E-state index in [1.807, 2.05) is 0 Å².